The third-order valence-electron chi connectivity index (χ3n) is 3.90. The highest BCUT2D eigenvalue weighted by atomic mass is 19.1. The normalized spacial score (nSPS) is 10.2. The Balaban J connectivity index is 1.62. The van der Waals surface area contributed by atoms with E-state index in [9.17, 15) is 14.0 Å². The highest BCUT2D eigenvalue weighted by Gasteiger charge is 2.10. The van der Waals surface area contributed by atoms with Crippen molar-refractivity contribution in [2.75, 3.05) is 10.6 Å². The first-order valence-electron chi connectivity index (χ1n) is 8.66. The van der Waals surface area contributed by atoms with E-state index in [0.29, 0.717) is 17.9 Å². The van der Waals surface area contributed by atoms with Crippen LogP contribution in [-0.4, -0.2) is 11.8 Å². The predicted octanol–water partition coefficient (Wildman–Crippen LogP) is 4.62. The molecular weight excluding hydrogens is 359 g/mol. The minimum absolute atomic E-state index is 0.0127. The summed E-state index contributed by atoms with van der Waals surface area (Å²) >= 11 is 0. The summed E-state index contributed by atoms with van der Waals surface area (Å²) in [5.41, 5.74) is 1.77. The molecule has 2 amide bonds. The van der Waals surface area contributed by atoms with Crippen LogP contribution < -0.4 is 15.4 Å². The molecule has 0 fully saturated rings. The molecule has 0 spiro atoms. The van der Waals surface area contributed by atoms with E-state index in [2.05, 4.69) is 10.6 Å². The van der Waals surface area contributed by atoms with E-state index in [1.165, 1.54) is 25.1 Å². The molecular formula is C22H19FN2O3. The molecule has 0 aliphatic heterocycles. The summed E-state index contributed by atoms with van der Waals surface area (Å²) in [7, 11) is 0. The van der Waals surface area contributed by atoms with Gasteiger partial charge in [-0.2, -0.15) is 0 Å². The van der Waals surface area contributed by atoms with Gasteiger partial charge in [0.05, 0.1) is 5.69 Å². The number of hydrogen-bond acceptors (Lipinski definition) is 3. The number of para-hydroxylation sites is 1. The number of anilines is 2. The van der Waals surface area contributed by atoms with Crippen molar-refractivity contribution in [1.29, 1.82) is 0 Å². The molecule has 5 nitrogen and oxygen atoms in total. The van der Waals surface area contributed by atoms with Crippen molar-refractivity contribution >= 4 is 23.2 Å². The first kappa shape index (κ1) is 19.1. The molecule has 3 aromatic rings. The molecule has 3 rings (SSSR count). The molecule has 0 heterocycles. The summed E-state index contributed by atoms with van der Waals surface area (Å²) in [4.78, 5) is 23.5. The molecule has 28 heavy (non-hydrogen) atoms. The highest BCUT2D eigenvalue weighted by molar-refractivity contribution is 6.04. The molecule has 0 aromatic heterocycles. The maximum Gasteiger partial charge on any atom is 0.255 e. The second kappa shape index (κ2) is 8.81. The Morgan fingerprint density at radius 3 is 2.32 bits per heavy atom. The lowest BCUT2D eigenvalue weighted by Gasteiger charge is -2.10. The van der Waals surface area contributed by atoms with Crippen LogP contribution >= 0.6 is 0 Å². The number of carbonyl (C=O) groups excluding carboxylic acids is 2. The average molecular weight is 378 g/mol. The van der Waals surface area contributed by atoms with Gasteiger partial charge in [-0.15, -0.1) is 0 Å². The van der Waals surface area contributed by atoms with Crippen LogP contribution in [0.25, 0.3) is 0 Å². The van der Waals surface area contributed by atoms with Gasteiger partial charge < -0.3 is 15.4 Å². The average Bonchev–Trinajstić information content (AvgIpc) is 2.70. The van der Waals surface area contributed by atoms with Gasteiger partial charge in [0, 0.05) is 18.2 Å². The maximum absolute atomic E-state index is 13.7. The van der Waals surface area contributed by atoms with E-state index in [-0.39, 0.29) is 11.6 Å². The summed E-state index contributed by atoms with van der Waals surface area (Å²) in [5, 5.41) is 5.07. The van der Waals surface area contributed by atoms with Gasteiger partial charge in [-0.3, -0.25) is 9.59 Å². The van der Waals surface area contributed by atoms with Crippen LogP contribution in [0.1, 0.15) is 22.8 Å². The molecule has 0 aliphatic rings. The van der Waals surface area contributed by atoms with Crippen molar-refractivity contribution in [3.63, 3.8) is 0 Å². The van der Waals surface area contributed by atoms with Crippen molar-refractivity contribution in [2.45, 2.75) is 13.5 Å². The van der Waals surface area contributed by atoms with E-state index >= 15 is 0 Å². The second-order valence-electron chi connectivity index (χ2n) is 6.13. The van der Waals surface area contributed by atoms with Crippen LogP contribution in [0.15, 0.2) is 72.8 Å². The zero-order valence-electron chi connectivity index (χ0n) is 15.2. The van der Waals surface area contributed by atoms with Crippen molar-refractivity contribution in [3.05, 3.63) is 89.7 Å². The summed E-state index contributed by atoms with van der Waals surface area (Å²) in [6.07, 6.45) is 0. The van der Waals surface area contributed by atoms with E-state index in [1.54, 1.807) is 12.1 Å². The lowest BCUT2D eigenvalue weighted by Crippen LogP contribution is -2.13. The maximum atomic E-state index is 13.7. The summed E-state index contributed by atoms with van der Waals surface area (Å²) < 4.78 is 19.4. The van der Waals surface area contributed by atoms with Crippen LogP contribution in [0.2, 0.25) is 0 Å². The number of carbonyl (C=O) groups is 2. The zero-order chi connectivity index (χ0) is 19.9. The Morgan fingerprint density at radius 1 is 0.929 bits per heavy atom. The molecule has 2 N–H and O–H groups in total. The van der Waals surface area contributed by atoms with Gasteiger partial charge in [-0.05, 0) is 48.0 Å². The van der Waals surface area contributed by atoms with Crippen LogP contribution in [0.5, 0.6) is 5.75 Å². The topological polar surface area (TPSA) is 67.4 Å². The molecule has 0 aliphatic carbocycles. The minimum atomic E-state index is -0.573. The lowest BCUT2D eigenvalue weighted by molar-refractivity contribution is -0.114. The van der Waals surface area contributed by atoms with Crippen LogP contribution in [0.3, 0.4) is 0 Å². The molecule has 0 unspecified atom stereocenters. The highest BCUT2D eigenvalue weighted by Crippen LogP contribution is 2.20. The molecule has 6 heteroatoms. The Kier molecular flexibility index (Phi) is 6.01. The Bertz CT molecular complexity index is 973. The third kappa shape index (κ3) is 5.17. The SMILES string of the molecule is CC(=O)Nc1cc(NC(=O)c2ccc(COc3ccccc3)cc2)ccc1F. The smallest absolute Gasteiger partial charge is 0.255 e. The van der Waals surface area contributed by atoms with Crippen molar-refractivity contribution in [3.8, 4) is 5.75 Å². The number of hydrogen-bond donors (Lipinski definition) is 2. The molecule has 0 bridgehead atoms. The predicted molar refractivity (Wildman–Crippen MR) is 106 cm³/mol. The largest absolute Gasteiger partial charge is 0.489 e. The van der Waals surface area contributed by atoms with E-state index in [0.717, 1.165) is 11.3 Å². The Labute approximate surface area is 162 Å². The van der Waals surface area contributed by atoms with Crippen LogP contribution in [-0.2, 0) is 11.4 Å². The number of ether oxygens (including phenoxy) is 1. The van der Waals surface area contributed by atoms with Crippen molar-refractivity contribution in [2.24, 2.45) is 0 Å². The number of benzene rings is 3. The number of rotatable bonds is 6. The van der Waals surface area contributed by atoms with Crippen molar-refractivity contribution < 1.29 is 18.7 Å². The fraction of sp³-hybridized carbons (Fsp3) is 0.0909. The fourth-order valence-electron chi connectivity index (χ4n) is 2.53. The molecule has 0 atom stereocenters. The third-order valence-corrected chi connectivity index (χ3v) is 3.90. The van der Waals surface area contributed by atoms with Crippen molar-refractivity contribution in [1.82, 2.24) is 0 Å². The zero-order valence-corrected chi connectivity index (χ0v) is 15.2. The van der Waals surface area contributed by atoms with E-state index < -0.39 is 11.7 Å². The van der Waals surface area contributed by atoms with E-state index in [1.807, 2.05) is 42.5 Å². The molecule has 142 valence electrons. The van der Waals surface area contributed by atoms with Crippen LogP contribution in [0.4, 0.5) is 15.8 Å². The quantitative estimate of drug-likeness (QED) is 0.658. The van der Waals surface area contributed by atoms with Gasteiger partial charge in [0.1, 0.15) is 18.2 Å². The van der Waals surface area contributed by atoms with Crippen LogP contribution in [0, 0.1) is 5.82 Å². The number of nitrogens with one attached hydrogen (secondary N) is 2. The van der Waals surface area contributed by atoms with Gasteiger partial charge in [-0.1, -0.05) is 30.3 Å². The Hall–Kier alpha value is -3.67. The first-order chi connectivity index (χ1) is 13.5. The van der Waals surface area contributed by atoms with Gasteiger partial charge in [0.2, 0.25) is 5.91 Å². The summed E-state index contributed by atoms with van der Waals surface area (Å²) in [6, 6.07) is 20.5. The number of halogens is 1. The molecule has 3 aromatic carbocycles. The minimum Gasteiger partial charge on any atom is -0.489 e. The second-order valence-corrected chi connectivity index (χ2v) is 6.13. The van der Waals surface area contributed by atoms with Gasteiger partial charge in [0.15, 0.2) is 0 Å². The fourth-order valence-corrected chi connectivity index (χ4v) is 2.53. The lowest BCUT2D eigenvalue weighted by atomic mass is 10.1. The number of amides is 2. The van der Waals surface area contributed by atoms with Gasteiger partial charge in [-0.25, -0.2) is 4.39 Å². The van der Waals surface area contributed by atoms with Gasteiger partial charge in [0.25, 0.3) is 5.91 Å². The van der Waals surface area contributed by atoms with E-state index in [4.69, 9.17) is 4.74 Å². The Morgan fingerprint density at radius 2 is 1.64 bits per heavy atom. The molecule has 0 saturated heterocycles. The monoisotopic (exact) mass is 378 g/mol. The van der Waals surface area contributed by atoms with Gasteiger partial charge >= 0.3 is 0 Å². The molecule has 0 saturated carbocycles. The standard InChI is InChI=1S/C22H19FN2O3/c1-15(26)24-21-13-18(11-12-20(21)23)25-22(27)17-9-7-16(8-10-17)14-28-19-5-3-2-4-6-19/h2-13H,14H2,1H3,(H,24,26)(H,25,27). The first-order valence-corrected chi connectivity index (χ1v) is 8.66. The summed E-state index contributed by atoms with van der Waals surface area (Å²) in [5.74, 6) is -0.529. The molecule has 0 radical (unpaired) electrons. The summed E-state index contributed by atoms with van der Waals surface area (Å²) in [6.45, 7) is 1.68.